The first-order valence-electron chi connectivity index (χ1n) is 8.51. The minimum atomic E-state index is -0.705. The van der Waals surface area contributed by atoms with Crippen LogP contribution < -0.4 is 5.32 Å². The van der Waals surface area contributed by atoms with Gasteiger partial charge in [-0.25, -0.2) is 4.79 Å². The second kappa shape index (κ2) is 7.10. The molecule has 0 radical (unpaired) electrons. The minimum absolute atomic E-state index is 0.186. The maximum Gasteiger partial charge on any atom is 0.328 e. The normalized spacial score (nSPS) is 32.5. The van der Waals surface area contributed by atoms with Gasteiger partial charge in [-0.15, -0.1) is 0 Å². The van der Waals surface area contributed by atoms with Gasteiger partial charge in [0, 0.05) is 6.04 Å². The van der Waals surface area contributed by atoms with E-state index in [0.717, 1.165) is 31.6 Å². The Kier molecular flexibility index (Phi) is 5.67. The van der Waals surface area contributed by atoms with E-state index in [-0.39, 0.29) is 12.1 Å². The summed E-state index contributed by atoms with van der Waals surface area (Å²) in [6.07, 6.45) is 6.00. The molecule has 4 atom stereocenters. The summed E-state index contributed by atoms with van der Waals surface area (Å²) in [4.78, 5) is 12.3. The molecule has 2 fully saturated rings. The summed E-state index contributed by atoms with van der Waals surface area (Å²) in [7, 11) is 0. The molecule has 2 aliphatic rings. The van der Waals surface area contributed by atoms with Crippen molar-refractivity contribution in [2.24, 2.45) is 11.8 Å². The third-order valence-electron chi connectivity index (χ3n) is 4.98. The van der Waals surface area contributed by atoms with Gasteiger partial charge in [-0.1, -0.05) is 13.8 Å². The highest BCUT2D eigenvalue weighted by Crippen LogP contribution is 2.32. The molecule has 2 aliphatic carbocycles. The number of hydrogen-bond acceptors (Lipinski definition) is 4. The molecule has 4 unspecified atom stereocenters. The van der Waals surface area contributed by atoms with Crippen molar-refractivity contribution in [3.63, 3.8) is 0 Å². The molecule has 4 heteroatoms. The van der Waals surface area contributed by atoms with Crippen LogP contribution in [-0.4, -0.2) is 36.9 Å². The summed E-state index contributed by atoms with van der Waals surface area (Å²) in [5.74, 6) is 1.30. The van der Waals surface area contributed by atoms with Gasteiger partial charge in [-0.05, 0) is 57.8 Å². The van der Waals surface area contributed by atoms with Gasteiger partial charge in [-0.3, -0.25) is 5.32 Å². The van der Waals surface area contributed by atoms with Crippen molar-refractivity contribution in [1.29, 1.82) is 0 Å². The molecule has 1 N–H and O–H groups in total. The van der Waals surface area contributed by atoms with E-state index in [9.17, 15) is 4.79 Å². The summed E-state index contributed by atoms with van der Waals surface area (Å²) in [5.41, 5.74) is -0.705. The van der Waals surface area contributed by atoms with Gasteiger partial charge in [-0.2, -0.15) is 0 Å². The SMILES string of the molecule is CCOC(=O)C(C)(COC1CCC(C)C(C)C1)NC1CC1. The molecule has 122 valence electrons. The summed E-state index contributed by atoms with van der Waals surface area (Å²) in [6, 6.07) is 0.452. The number of hydrogen-bond donors (Lipinski definition) is 1. The molecule has 0 aromatic carbocycles. The van der Waals surface area contributed by atoms with Crippen LogP contribution in [0.25, 0.3) is 0 Å². The highest BCUT2D eigenvalue weighted by Gasteiger charge is 2.41. The monoisotopic (exact) mass is 297 g/mol. The first-order chi connectivity index (χ1) is 9.94. The Bertz CT molecular complexity index is 356. The van der Waals surface area contributed by atoms with E-state index >= 15 is 0 Å². The summed E-state index contributed by atoms with van der Waals surface area (Å²) in [5, 5.41) is 3.41. The lowest BCUT2D eigenvalue weighted by molar-refractivity contribution is -0.155. The van der Waals surface area contributed by atoms with Gasteiger partial charge in [0.15, 0.2) is 0 Å². The van der Waals surface area contributed by atoms with E-state index in [4.69, 9.17) is 9.47 Å². The van der Waals surface area contributed by atoms with Crippen LogP contribution >= 0.6 is 0 Å². The minimum Gasteiger partial charge on any atom is -0.465 e. The zero-order valence-electron chi connectivity index (χ0n) is 14.0. The van der Waals surface area contributed by atoms with Crippen LogP contribution in [0.3, 0.4) is 0 Å². The van der Waals surface area contributed by atoms with E-state index in [2.05, 4.69) is 19.2 Å². The van der Waals surface area contributed by atoms with Gasteiger partial charge in [0.25, 0.3) is 0 Å². The van der Waals surface area contributed by atoms with Crippen molar-refractivity contribution in [1.82, 2.24) is 5.32 Å². The number of rotatable bonds is 7. The van der Waals surface area contributed by atoms with Crippen molar-refractivity contribution in [2.45, 2.75) is 77.5 Å². The van der Waals surface area contributed by atoms with Gasteiger partial charge < -0.3 is 9.47 Å². The Morgan fingerprint density at radius 1 is 1.19 bits per heavy atom. The van der Waals surface area contributed by atoms with Crippen molar-refractivity contribution in [3.05, 3.63) is 0 Å². The van der Waals surface area contributed by atoms with Gasteiger partial charge in [0.1, 0.15) is 5.54 Å². The zero-order valence-corrected chi connectivity index (χ0v) is 14.0. The number of esters is 1. The first kappa shape index (κ1) is 16.8. The van der Waals surface area contributed by atoms with Crippen LogP contribution in [0.5, 0.6) is 0 Å². The van der Waals surface area contributed by atoms with Crippen LogP contribution in [0.15, 0.2) is 0 Å². The molecular weight excluding hydrogens is 266 g/mol. The smallest absolute Gasteiger partial charge is 0.328 e. The Balaban J connectivity index is 1.87. The van der Waals surface area contributed by atoms with Crippen LogP contribution in [0.1, 0.15) is 59.8 Å². The molecule has 0 bridgehead atoms. The molecular formula is C17H31NO3. The number of carbonyl (C=O) groups excluding carboxylic acids is 1. The molecule has 0 aliphatic heterocycles. The van der Waals surface area contributed by atoms with Gasteiger partial charge in [0.2, 0.25) is 0 Å². The van der Waals surface area contributed by atoms with Crippen molar-refractivity contribution >= 4 is 5.97 Å². The van der Waals surface area contributed by atoms with E-state index in [1.807, 2.05) is 13.8 Å². The van der Waals surface area contributed by atoms with Crippen LogP contribution in [-0.2, 0) is 14.3 Å². The van der Waals surface area contributed by atoms with Crippen molar-refractivity contribution < 1.29 is 14.3 Å². The predicted molar refractivity (Wildman–Crippen MR) is 83.1 cm³/mol. The standard InChI is InChI=1S/C17H31NO3/c1-5-20-16(19)17(4,18-14-7-8-14)11-21-15-9-6-12(2)13(3)10-15/h12-15,18H,5-11H2,1-4H3. The molecule has 2 saturated carbocycles. The summed E-state index contributed by atoms with van der Waals surface area (Å²) in [6.45, 7) is 9.21. The lowest BCUT2D eigenvalue weighted by atomic mass is 9.80. The van der Waals surface area contributed by atoms with E-state index in [1.165, 1.54) is 6.42 Å². The van der Waals surface area contributed by atoms with Crippen LogP contribution in [0.2, 0.25) is 0 Å². The molecule has 2 rings (SSSR count). The Hall–Kier alpha value is -0.610. The average Bonchev–Trinajstić information content (AvgIpc) is 3.24. The quantitative estimate of drug-likeness (QED) is 0.734. The van der Waals surface area contributed by atoms with Gasteiger partial charge >= 0.3 is 5.97 Å². The number of ether oxygens (including phenoxy) is 2. The van der Waals surface area contributed by atoms with E-state index < -0.39 is 5.54 Å². The highest BCUT2D eigenvalue weighted by atomic mass is 16.5. The van der Waals surface area contributed by atoms with E-state index in [1.54, 1.807) is 0 Å². The Morgan fingerprint density at radius 2 is 1.90 bits per heavy atom. The maximum atomic E-state index is 12.3. The third-order valence-corrected chi connectivity index (χ3v) is 4.98. The number of nitrogens with one attached hydrogen (secondary N) is 1. The largest absolute Gasteiger partial charge is 0.465 e. The fourth-order valence-corrected chi connectivity index (χ4v) is 3.06. The molecule has 0 heterocycles. The molecule has 0 spiro atoms. The Morgan fingerprint density at radius 3 is 2.48 bits per heavy atom. The fourth-order valence-electron chi connectivity index (χ4n) is 3.06. The second-order valence-electron chi connectivity index (χ2n) is 7.17. The maximum absolute atomic E-state index is 12.3. The van der Waals surface area contributed by atoms with Crippen LogP contribution in [0.4, 0.5) is 0 Å². The summed E-state index contributed by atoms with van der Waals surface area (Å²) < 4.78 is 11.3. The zero-order chi connectivity index (χ0) is 15.5. The highest BCUT2D eigenvalue weighted by molar-refractivity contribution is 5.80. The van der Waals surface area contributed by atoms with Crippen molar-refractivity contribution in [2.75, 3.05) is 13.2 Å². The van der Waals surface area contributed by atoms with E-state index in [0.29, 0.717) is 25.2 Å². The molecule has 0 aromatic heterocycles. The molecule has 0 saturated heterocycles. The first-order valence-corrected chi connectivity index (χ1v) is 8.51. The summed E-state index contributed by atoms with van der Waals surface area (Å²) >= 11 is 0. The molecule has 4 nitrogen and oxygen atoms in total. The fraction of sp³-hybridized carbons (Fsp3) is 0.941. The predicted octanol–water partition coefficient (Wildman–Crippen LogP) is 2.90. The third kappa shape index (κ3) is 4.68. The average molecular weight is 297 g/mol. The van der Waals surface area contributed by atoms with Crippen LogP contribution in [0, 0.1) is 11.8 Å². The molecule has 0 aromatic rings. The van der Waals surface area contributed by atoms with Crippen molar-refractivity contribution in [3.8, 4) is 0 Å². The number of carbonyl (C=O) groups is 1. The van der Waals surface area contributed by atoms with Gasteiger partial charge in [0.05, 0.1) is 19.3 Å². The molecule has 21 heavy (non-hydrogen) atoms. The molecule has 0 amide bonds. The Labute approximate surface area is 129 Å². The lowest BCUT2D eigenvalue weighted by Crippen LogP contribution is -2.55. The topological polar surface area (TPSA) is 47.6 Å². The second-order valence-corrected chi connectivity index (χ2v) is 7.17. The lowest BCUT2D eigenvalue weighted by Gasteiger charge is -2.35.